The van der Waals surface area contributed by atoms with Crippen LogP contribution in [0.2, 0.25) is 0 Å². The SMILES string of the molecule is CCCCN(C)c1cc(F)c(C(=O)O)cc1N. The van der Waals surface area contributed by atoms with E-state index >= 15 is 0 Å². The number of aromatic carboxylic acids is 1. The third kappa shape index (κ3) is 3.09. The van der Waals surface area contributed by atoms with Gasteiger partial charge in [-0.3, -0.25) is 0 Å². The molecule has 0 unspecified atom stereocenters. The Bertz CT molecular complexity index is 421. The van der Waals surface area contributed by atoms with E-state index in [-0.39, 0.29) is 5.69 Å². The fourth-order valence-corrected chi connectivity index (χ4v) is 1.59. The van der Waals surface area contributed by atoms with Gasteiger partial charge in [0.05, 0.1) is 16.9 Å². The molecule has 0 atom stereocenters. The normalized spacial score (nSPS) is 10.3. The summed E-state index contributed by atoms with van der Waals surface area (Å²) in [4.78, 5) is 12.5. The van der Waals surface area contributed by atoms with Crippen LogP contribution in [0.3, 0.4) is 0 Å². The number of carboxylic acids is 1. The number of hydrogen-bond donors (Lipinski definition) is 2. The van der Waals surface area contributed by atoms with Gasteiger partial charge in [0.25, 0.3) is 0 Å². The van der Waals surface area contributed by atoms with Crippen LogP contribution in [0, 0.1) is 5.82 Å². The Morgan fingerprint density at radius 3 is 2.71 bits per heavy atom. The third-order valence-electron chi connectivity index (χ3n) is 2.61. The molecule has 0 heterocycles. The molecule has 0 saturated heterocycles. The summed E-state index contributed by atoms with van der Waals surface area (Å²) < 4.78 is 13.5. The van der Waals surface area contributed by atoms with Crippen LogP contribution in [-0.4, -0.2) is 24.7 Å². The van der Waals surface area contributed by atoms with Gasteiger partial charge in [0.1, 0.15) is 5.82 Å². The van der Waals surface area contributed by atoms with E-state index in [9.17, 15) is 9.18 Å². The first-order valence-electron chi connectivity index (χ1n) is 5.50. The zero-order chi connectivity index (χ0) is 13.0. The number of nitrogens with two attached hydrogens (primary N) is 1. The summed E-state index contributed by atoms with van der Waals surface area (Å²) in [5.74, 6) is -2.07. The molecule has 0 amide bonds. The number of nitrogen functional groups attached to an aromatic ring is 1. The molecule has 0 aliphatic rings. The van der Waals surface area contributed by atoms with Crippen LogP contribution in [0.4, 0.5) is 15.8 Å². The van der Waals surface area contributed by atoms with Crippen molar-refractivity contribution in [1.29, 1.82) is 0 Å². The minimum Gasteiger partial charge on any atom is -0.478 e. The molecule has 1 aromatic carbocycles. The molecule has 0 aliphatic carbocycles. The van der Waals surface area contributed by atoms with Gasteiger partial charge in [-0.05, 0) is 12.5 Å². The van der Waals surface area contributed by atoms with E-state index < -0.39 is 17.3 Å². The lowest BCUT2D eigenvalue weighted by Crippen LogP contribution is -2.20. The van der Waals surface area contributed by atoms with Gasteiger partial charge in [-0.25, -0.2) is 9.18 Å². The van der Waals surface area contributed by atoms with Crippen molar-refractivity contribution in [3.8, 4) is 0 Å². The second-order valence-electron chi connectivity index (χ2n) is 3.97. The molecule has 0 saturated carbocycles. The summed E-state index contributed by atoms with van der Waals surface area (Å²) in [6.45, 7) is 2.82. The van der Waals surface area contributed by atoms with Gasteiger partial charge in [-0.15, -0.1) is 0 Å². The highest BCUT2D eigenvalue weighted by Crippen LogP contribution is 2.26. The highest BCUT2D eigenvalue weighted by atomic mass is 19.1. The number of carbonyl (C=O) groups is 1. The van der Waals surface area contributed by atoms with Gasteiger partial charge in [0.15, 0.2) is 0 Å². The Morgan fingerprint density at radius 2 is 2.18 bits per heavy atom. The van der Waals surface area contributed by atoms with E-state index in [0.29, 0.717) is 5.69 Å². The monoisotopic (exact) mass is 240 g/mol. The first-order chi connectivity index (χ1) is 7.97. The third-order valence-corrected chi connectivity index (χ3v) is 2.61. The summed E-state index contributed by atoms with van der Waals surface area (Å²) in [5, 5.41) is 8.75. The van der Waals surface area contributed by atoms with E-state index in [1.165, 1.54) is 6.07 Å². The molecular formula is C12H17FN2O2. The maximum Gasteiger partial charge on any atom is 0.338 e. The van der Waals surface area contributed by atoms with Crippen LogP contribution < -0.4 is 10.6 Å². The first-order valence-corrected chi connectivity index (χ1v) is 5.50. The Balaban J connectivity index is 3.02. The smallest absolute Gasteiger partial charge is 0.338 e. The number of anilines is 2. The van der Waals surface area contributed by atoms with Crippen molar-refractivity contribution in [2.75, 3.05) is 24.2 Å². The van der Waals surface area contributed by atoms with Crippen LogP contribution in [0.25, 0.3) is 0 Å². The molecular weight excluding hydrogens is 223 g/mol. The fourth-order valence-electron chi connectivity index (χ4n) is 1.59. The molecule has 0 aliphatic heterocycles. The molecule has 1 rings (SSSR count). The molecule has 0 bridgehead atoms. The fraction of sp³-hybridized carbons (Fsp3) is 0.417. The highest BCUT2D eigenvalue weighted by Gasteiger charge is 2.15. The molecule has 3 N–H and O–H groups in total. The molecule has 0 radical (unpaired) electrons. The van der Waals surface area contributed by atoms with Crippen molar-refractivity contribution in [3.05, 3.63) is 23.5 Å². The number of unbranched alkanes of at least 4 members (excludes halogenated alkanes) is 1. The molecule has 0 spiro atoms. The van der Waals surface area contributed by atoms with Crippen LogP contribution in [0.1, 0.15) is 30.1 Å². The van der Waals surface area contributed by atoms with Crippen molar-refractivity contribution in [2.24, 2.45) is 0 Å². The molecule has 0 fully saturated rings. The van der Waals surface area contributed by atoms with Crippen molar-refractivity contribution in [3.63, 3.8) is 0 Å². The molecule has 5 heteroatoms. The van der Waals surface area contributed by atoms with Crippen LogP contribution in [0.15, 0.2) is 12.1 Å². The largest absolute Gasteiger partial charge is 0.478 e. The second-order valence-corrected chi connectivity index (χ2v) is 3.97. The van der Waals surface area contributed by atoms with Crippen molar-refractivity contribution < 1.29 is 14.3 Å². The molecule has 17 heavy (non-hydrogen) atoms. The Morgan fingerprint density at radius 1 is 1.53 bits per heavy atom. The summed E-state index contributed by atoms with van der Waals surface area (Å²) in [5.41, 5.74) is 6.14. The van der Waals surface area contributed by atoms with E-state index in [1.807, 2.05) is 4.90 Å². The number of hydrogen-bond acceptors (Lipinski definition) is 3. The predicted molar refractivity (Wildman–Crippen MR) is 65.9 cm³/mol. The number of nitrogens with zero attached hydrogens (tertiary/aromatic N) is 1. The lowest BCUT2D eigenvalue weighted by molar-refractivity contribution is 0.0692. The van der Waals surface area contributed by atoms with Gasteiger partial charge in [0.2, 0.25) is 0 Å². The first kappa shape index (κ1) is 13.3. The Kier molecular flexibility index (Phi) is 4.31. The maximum absolute atomic E-state index is 13.5. The van der Waals surface area contributed by atoms with Gasteiger partial charge in [-0.2, -0.15) is 0 Å². The Hall–Kier alpha value is -1.78. The minimum atomic E-state index is -1.31. The van der Waals surface area contributed by atoms with E-state index in [0.717, 1.165) is 25.5 Å². The average molecular weight is 240 g/mol. The number of rotatable bonds is 5. The van der Waals surface area contributed by atoms with Gasteiger partial charge < -0.3 is 15.7 Å². The predicted octanol–water partition coefficient (Wildman–Crippen LogP) is 2.34. The quantitative estimate of drug-likeness (QED) is 0.775. The Labute approximate surface area is 99.8 Å². The van der Waals surface area contributed by atoms with Crippen molar-refractivity contribution in [1.82, 2.24) is 0 Å². The van der Waals surface area contributed by atoms with Crippen LogP contribution >= 0.6 is 0 Å². The zero-order valence-corrected chi connectivity index (χ0v) is 10.0. The summed E-state index contributed by atoms with van der Waals surface area (Å²) in [6.07, 6.45) is 2.00. The van der Waals surface area contributed by atoms with E-state index in [4.69, 9.17) is 10.8 Å². The average Bonchev–Trinajstić information content (AvgIpc) is 2.28. The van der Waals surface area contributed by atoms with E-state index in [1.54, 1.807) is 7.05 Å². The molecule has 4 nitrogen and oxygen atoms in total. The summed E-state index contributed by atoms with van der Waals surface area (Å²) in [7, 11) is 1.81. The molecule has 94 valence electrons. The molecule has 1 aromatic rings. The summed E-state index contributed by atoms with van der Waals surface area (Å²) >= 11 is 0. The highest BCUT2D eigenvalue weighted by molar-refractivity contribution is 5.90. The summed E-state index contributed by atoms with van der Waals surface area (Å²) in [6, 6.07) is 2.34. The van der Waals surface area contributed by atoms with Gasteiger partial charge in [-0.1, -0.05) is 13.3 Å². The lowest BCUT2D eigenvalue weighted by Gasteiger charge is -2.21. The maximum atomic E-state index is 13.5. The van der Waals surface area contributed by atoms with Crippen LogP contribution in [0.5, 0.6) is 0 Å². The number of benzene rings is 1. The zero-order valence-electron chi connectivity index (χ0n) is 10.0. The van der Waals surface area contributed by atoms with Crippen molar-refractivity contribution in [2.45, 2.75) is 19.8 Å². The number of halogens is 1. The van der Waals surface area contributed by atoms with Gasteiger partial charge in [0, 0.05) is 19.7 Å². The van der Waals surface area contributed by atoms with Gasteiger partial charge >= 0.3 is 5.97 Å². The van der Waals surface area contributed by atoms with Crippen molar-refractivity contribution >= 4 is 17.3 Å². The second kappa shape index (κ2) is 5.52. The standard InChI is InChI=1S/C12H17FN2O2/c1-3-4-5-15(2)11-7-9(13)8(12(16)17)6-10(11)14/h6-7H,3-5,14H2,1-2H3,(H,16,17). The lowest BCUT2D eigenvalue weighted by atomic mass is 10.1. The number of carboxylic acid groups (broad SMARTS) is 1. The van der Waals surface area contributed by atoms with Crippen LogP contribution in [-0.2, 0) is 0 Å². The molecule has 0 aromatic heterocycles. The topological polar surface area (TPSA) is 66.6 Å². The minimum absolute atomic E-state index is 0.280. The van der Waals surface area contributed by atoms with E-state index in [2.05, 4.69) is 6.92 Å².